The predicted octanol–water partition coefficient (Wildman–Crippen LogP) is -3.92. The minimum atomic E-state index is -1.38. The third-order valence-corrected chi connectivity index (χ3v) is 0.404. The van der Waals surface area contributed by atoms with E-state index in [4.69, 9.17) is 42.8 Å². The molecule has 12 nitrogen and oxygen atoms in total. The van der Waals surface area contributed by atoms with E-state index in [1.54, 1.807) is 5.53 Å². The monoisotopic (exact) mass is 208 g/mol. The van der Waals surface area contributed by atoms with E-state index in [2.05, 4.69) is 4.99 Å². The lowest BCUT2D eigenvalue weighted by molar-refractivity contribution is -0.618. The van der Waals surface area contributed by atoms with Crippen molar-refractivity contribution < 1.29 is 15.5 Å². The van der Waals surface area contributed by atoms with Gasteiger partial charge in [0.25, 0.3) is 5.96 Å². The number of nitrogens with zero attached hydrogens (tertiary/aromatic N) is 4. The number of hydrogen-bond acceptors (Lipinski definition) is 4. The highest BCUT2D eigenvalue weighted by Gasteiger charge is 1.89. The largest absolute Gasteiger partial charge is 0.383 e. The van der Waals surface area contributed by atoms with Gasteiger partial charge in [0.05, 0.1) is 0 Å². The molecule has 0 unspecified atom stereocenters. The lowest BCUT2D eigenvalue weighted by atomic mass is 11.0. The fourth-order valence-electron chi connectivity index (χ4n) is 0.209. The third kappa shape index (κ3) is 22.8. The van der Waals surface area contributed by atoms with E-state index in [1.165, 1.54) is 0 Å². The quantitative estimate of drug-likeness (QED) is 0.152. The van der Waals surface area contributed by atoms with Crippen LogP contribution in [0.5, 0.6) is 0 Å². The van der Waals surface area contributed by atoms with Gasteiger partial charge in [-0.05, 0) is 10.5 Å². The summed E-state index contributed by atoms with van der Waals surface area (Å²) in [4.78, 5) is 21.2. The molecule has 0 aliphatic rings. The Morgan fingerprint density at radius 3 is 1.57 bits per heavy atom. The molecule has 0 heterocycles. The predicted molar refractivity (Wildman–Crippen MR) is 44.3 cm³/mol. The summed E-state index contributed by atoms with van der Waals surface area (Å²) in [5, 5.41) is 20.1. The van der Waals surface area contributed by atoms with Gasteiger partial charge in [0.15, 0.2) is 0 Å². The maximum Gasteiger partial charge on any atom is 0.383 e. The molecular formula is C2H8N8O4. The molecule has 0 radical (unpaired) electrons. The first-order valence-electron chi connectivity index (χ1n) is 2.73. The van der Waals surface area contributed by atoms with Gasteiger partial charge >= 0.3 is 5.96 Å². The number of nitrogens with two attached hydrogens (primary N) is 4. The van der Waals surface area contributed by atoms with Crippen molar-refractivity contribution >= 4 is 11.9 Å². The van der Waals surface area contributed by atoms with Crippen molar-refractivity contribution in [3.8, 4) is 0 Å². The summed E-state index contributed by atoms with van der Waals surface area (Å²) in [5.41, 5.74) is 16.2. The van der Waals surface area contributed by atoms with Crippen LogP contribution in [-0.4, -0.2) is 22.0 Å². The molecule has 0 aromatic heterocycles. The molecule has 0 saturated heterocycles. The number of guanidine groups is 2. The molecule has 0 spiro atoms. The Morgan fingerprint density at radius 1 is 1.21 bits per heavy atom. The first-order valence-corrected chi connectivity index (χ1v) is 2.73. The van der Waals surface area contributed by atoms with Crippen LogP contribution in [0.4, 0.5) is 0 Å². The summed E-state index contributed by atoms with van der Waals surface area (Å²) in [6.45, 7) is 0. The second-order valence-electron chi connectivity index (χ2n) is 1.53. The highest BCUT2D eigenvalue weighted by atomic mass is 16.8. The topological polar surface area (TPSA) is 216 Å². The van der Waals surface area contributed by atoms with Crippen molar-refractivity contribution in [1.29, 1.82) is 0 Å². The average Bonchev–Trinajstić information content (AvgIpc) is 1.79. The molecule has 8 N–H and O–H groups in total. The zero-order valence-electron chi connectivity index (χ0n) is 6.73. The van der Waals surface area contributed by atoms with E-state index in [9.17, 15) is 0 Å². The van der Waals surface area contributed by atoms with Crippen LogP contribution in [0.15, 0.2) is 4.99 Å². The van der Waals surface area contributed by atoms with Crippen LogP contribution in [0.25, 0.3) is 5.53 Å². The molecule has 0 aromatic carbocycles. The van der Waals surface area contributed by atoms with E-state index in [1.807, 2.05) is 0 Å². The van der Waals surface area contributed by atoms with Crippen LogP contribution in [-0.2, 0) is 0 Å². The molecule has 0 aliphatic heterocycles. The van der Waals surface area contributed by atoms with Crippen molar-refractivity contribution in [2.75, 3.05) is 0 Å². The maximum atomic E-state index is 9.01. The molecule has 12 heteroatoms. The molecule has 80 valence electrons. The first kappa shape index (κ1) is 13.9. The molecular weight excluding hydrogens is 200 g/mol. The Balaban J connectivity index is 0. The number of rotatable bonds is 2. The summed E-state index contributed by atoms with van der Waals surface area (Å²) >= 11 is 0. The molecule has 0 fully saturated rings. The minimum absolute atomic E-state index is 0.125. The Kier molecular flexibility index (Phi) is 6.96. The molecule has 0 atom stereocenters. The molecule has 14 heavy (non-hydrogen) atoms. The Morgan fingerprint density at radius 2 is 1.57 bits per heavy atom. The second kappa shape index (κ2) is 7.01. The van der Waals surface area contributed by atoms with Crippen molar-refractivity contribution in [2.45, 2.75) is 0 Å². The highest BCUT2D eigenvalue weighted by Crippen LogP contribution is 1.82. The van der Waals surface area contributed by atoms with Crippen LogP contribution in [0.2, 0.25) is 0 Å². The molecule has 0 amide bonds. The Hall–Kier alpha value is -2.66. The van der Waals surface area contributed by atoms with E-state index < -0.39 is 10.1 Å². The normalized spacial score (nSPS) is 7.43. The Labute approximate surface area is 76.5 Å². The van der Waals surface area contributed by atoms with Crippen molar-refractivity contribution in [3.63, 3.8) is 0 Å². The lowest BCUT2D eigenvalue weighted by Crippen LogP contribution is -2.46. The molecule has 0 rings (SSSR count). The molecule has 0 aromatic rings. The average molecular weight is 208 g/mol. The van der Waals surface area contributed by atoms with Gasteiger partial charge in [0.2, 0.25) is 0 Å². The summed E-state index contributed by atoms with van der Waals surface area (Å²) in [7, 11) is 0. The van der Waals surface area contributed by atoms with E-state index in [0.717, 1.165) is 0 Å². The maximum absolute atomic E-state index is 9.01. The first-order chi connectivity index (χ1) is 6.25. The zero-order valence-corrected chi connectivity index (χ0v) is 6.73. The van der Waals surface area contributed by atoms with E-state index >= 15 is 0 Å². The van der Waals surface area contributed by atoms with E-state index in [0.29, 0.717) is 0 Å². The summed E-state index contributed by atoms with van der Waals surface area (Å²) in [6.07, 6.45) is 0. The highest BCUT2D eigenvalue weighted by molar-refractivity contribution is 5.89. The van der Waals surface area contributed by atoms with Gasteiger partial charge < -0.3 is 11.5 Å². The molecule has 0 bridgehead atoms. The fourth-order valence-corrected chi connectivity index (χ4v) is 0.209. The second-order valence-corrected chi connectivity index (χ2v) is 1.53. The molecule has 0 saturated carbocycles. The van der Waals surface area contributed by atoms with Gasteiger partial charge in [-0.3, -0.25) is 31.4 Å². The summed E-state index contributed by atoms with van der Waals surface area (Å²) < 4.78 is 0. The van der Waals surface area contributed by atoms with E-state index in [-0.39, 0.29) is 11.9 Å². The Bertz CT molecular complexity index is 242. The van der Waals surface area contributed by atoms with Gasteiger partial charge in [0.1, 0.15) is 0 Å². The minimum Gasteiger partial charge on any atom is -0.356 e. The number of aliphatic imine (C=N–C) groups is 1. The van der Waals surface area contributed by atoms with Gasteiger partial charge in [-0.25, -0.2) is 0 Å². The van der Waals surface area contributed by atoms with Crippen molar-refractivity contribution in [2.24, 2.45) is 22.2 Å². The smallest absolute Gasteiger partial charge is 0.356 e. The fraction of sp³-hybridized carbons (Fsp3) is 0. The van der Waals surface area contributed by atoms with Crippen molar-refractivity contribution in [3.05, 3.63) is 25.8 Å². The lowest BCUT2D eigenvalue weighted by Gasteiger charge is -1.92. The van der Waals surface area contributed by atoms with Gasteiger partial charge in [-0.2, -0.15) is 0 Å². The summed E-state index contributed by atoms with van der Waals surface area (Å²) in [6, 6.07) is 0. The number of nitro groups is 2. The summed E-state index contributed by atoms with van der Waals surface area (Å²) in [5.74, 6) is -0.250. The standard InChI is InChI=1S/C2H7N5.N3O4/c3-1(4)7-2(5)6;4-2(5)1-3(6)7/h(H7,3,4,5,6,7);/q;-1/p+1. The van der Waals surface area contributed by atoms with Crippen molar-refractivity contribution in [1.82, 2.24) is 0 Å². The van der Waals surface area contributed by atoms with Gasteiger partial charge in [0, 0.05) is 10.1 Å². The van der Waals surface area contributed by atoms with Gasteiger partial charge in [-0.15, -0.1) is 0 Å². The third-order valence-electron chi connectivity index (χ3n) is 0.404. The van der Waals surface area contributed by atoms with Crippen LogP contribution >= 0.6 is 0 Å². The number of hydrogen-bond donors (Lipinski definition) is 4. The SMILES string of the molecule is NC(=[NH2+])N=C(N)N.O=[N+]([O-])[N-][N+](=O)[O-]. The molecule has 0 aliphatic carbocycles. The van der Waals surface area contributed by atoms with Crippen LogP contribution in [0, 0.1) is 20.2 Å². The van der Waals surface area contributed by atoms with Crippen LogP contribution < -0.4 is 22.6 Å². The zero-order chi connectivity index (χ0) is 11.7. The van der Waals surface area contributed by atoms with Crippen LogP contribution in [0.3, 0.4) is 0 Å². The van der Waals surface area contributed by atoms with Crippen LogP contribution in [0.1, 0.15) is 0 Å². The van der Waals surface area contributed by atoms with Gasteiger partial charge in [-0.1, -0.05) is 0 Å².